The van der Waals surface area contributed by atoms with Crippen LogP contribution in [0.4, 0.5) is 5.69 Å². The van der Waals surface area contributed by atoms with E-state index in [1.165, 1.54) is 18.2 Å². The van der Waals surface area contributed by atoms with E-state index < -0.39 is 10.8 Å². The van der Waals surface area contributed by atoms with E-state index in [1.807, 2.05) is 0 Å². The van der Waals surface area contributed by atoms with E-state index in [0.717, 1.165) is 0 Å². The van der Waals surface area contributed by atoms with Crippen LogP contribution in [0.2, 0.25) is 5.02 Å². The zero-order chi connectivity index (χ0) is 13.0. The summed E-state index contributed by atoms with van der Waals surface area (Å²) < 4.78 is 0.556. The summed E-state index contributed by atoms with van der Waals surface area (Å²) in [7, 11) is 0. The lowest BCUT2D eigenvalue weighted by atomic mass is 10.1. The van der Waals surface area contributed by atoms with Gasteiger partial charge in [-0.15, -0.1) is 0 Å². The molecular weight excluding hydrogens is 311 g/mol. The molecule has 7 heteroatoms. The molecule has 0 unspecified atom stereocenters. The monoisotopic (exact) mass is 318 g/mol. The molecule has 0 heterocycles. The Kier molecular flexibility index (Phi) is 4.65. The average Bonchev–Trinajstić information content (AvgIpc) is 2.25. The van der Waals surface area contributed by atoms with Crippen molar-refractivity contribution in [2.75, 3.05) is 6.54 Å². The van der Waals surface area contributed by atoms with Crippen molar-refractivity contribution in [3.8, 4) is 0 Å². The number of nitro groups is 1. The van der Waals surface area contributed by atoms with Gasteiger partial charge in [-0.1, -0.05) is 40.2 Å². The first-order chi connectivity index (χ1) is 7.93. The maximum atomic E-state index is 11.7. The standard InChI is InChI=1S/C10H8BrClN2O3/c1-6(11)5-13-10(15)9-7(12)3-2-4-8(9)14(16)17/h2-4H,1,5H2,(H,13,15). The molecule has 0 radical (unpaired) electrons. The smallest absolute Gasteiger partial charge is 0.283 e. The van der Waals surface area contributed by atoms with Crippen LogP contribution in [-0.2, 0) is 0 Å². The molecule has 1 rings (SSSR count). The van der Waals surface area contributed by atoms with Gasteiger partial charge in [0.1, 0.15) is 5.56 Å². The number of rotatable bonds is 4. The van der Waals surface area contributed by atoms with Gasteiger partial charge in [0.15, 0.2) is 0 Å². The number of hydrogen-bond donors (Lipinski definition) is 1. The van der Waals surface area contributed by atoms with Crippen LogP contribution in [0.5, 0.6) is 0 Å². The fraction of sp³-hybridized carbons (Fsp3) is 0.100. The van der Waals surface area contributed by atoms with E-state index in [1.54, 1.807) is 0 Å². The second kappa shape index (κ2) is 5.79. The van der Waals surface area contributed by atoms with Crippen LogP contribution in [0.3, 0.4) is 0 Å². The molecule has 0 saturated carbocycles. The molecule has 0 aliphatic carbocycles. The van der Waals surface area contributed by atoms with Gasteiger partial charge in [0.05, 0.1) is 9.95 Å². The molecular formula is C10H8BrClN2O3. The molecule has 0 bridgehead atoms. The van der Waals surface area contributed by atoms with Crippen molar-refractivity contribution in [1.29, 1.82) is 0 Å². The van der Waals surface area contributed by atoms with Crippen LogP contribution in [-0.4, -0.2) is 17.4 Å². The first-order valence-electron chi connectivity index (χ1n) is 4.48. The predicted molar refractivity (Wildman–Crippen MR) is 68.5 cm³/mol. The van der Waals surface area contributed by atoms with E-state index >= 15 is 0 Å². The third-order valence-electron chi connectivity index (χ3n) is 1.86. The predicted octanol–water partition coefficient (Wildman–Crippen LogP) is 2.89. The molecule has 90 valence electrons. The summed E-state index contributed by atoms with van der Waals surface area (Å²) >= 11 is 8.85. The molecule has 17 heavy (non-hydrogen) atoms. The lowest BCUT2D eigenvalue weighted by Gasteiger charge is -2.06. The topological polar surface area (TPSA) is 72.2 Å². The highest BCUT2D eigenvalue weighted by Crippen LogP contribution is 2.25. The second-order valence-corrected chi connectivity index (χ2v) is 4.62. The van der Waals surface area contributed by atoms with Crippen LogP contribution >= 0.6 is 27.5 Å². The van der Waals surface area contributed by atoms with Crippen molar-refractivity contribution < 1.29 is 9.72 Å². The molecule has 1 N–H and O–H groups in total. The molecule has 5 nitrogen and oxygen atoms in total. The van der Waals surface area contributed by atoms with E-state index in [4.69, 9.17) is 11.6 Å². The summed E-state index contributed by atoms with van der Waals surface area (Å²) in [5.74, 6) is -0.608. The minimum Gasteiger partial charge on any atom is -0.347 e. The third-order valence-corrected chi connectivity index (χ3v) is 2.45. The number of hydrogen-bond acceptors (Lipinski definition) is 3. The molecule has 0 saturated heterocycles. The Balaban J connectivity index is 3.07. The van der Waals surface area contributed by atoms with E-state index in [9.17, 15) is 14.9 Å². The Morgan fingerprint density at radius 3 is 2.76 bits per heavy atom. The van der Waals surface area contributed by atoms with Crippen molar-refractivity contribution in [1.82, 2.24) is 5.32 Å². The highest BCUT2D eigenvalue weighted by atomic mass is 79.9. The number of benzene rings is 1. The molecule has 0 aromatic heterocycles. The largest absolute Gasteiger partial charge is 0.347 e. The number of carbonyl (C=O) groups is 1. The van der Waals surface area contributed by atoms with Crippen LogP contribution in [0.15, 0.2) is 29.3 Å². The first kappa shape index (κ1) is 13.7. The molecule has 0 spiro atoms. The van der Waals surface area contributed by atoms with Gasteiger partial charge in [-0.25, -0.2) is 0 Å². The number of nitrogens with one attached hydrogen (secondary N) is 1. The van der Waals surface area contributed by atoms with Gasteiger partial charge in [0.25, 0.3) is 11.6 Å². The average molecular weight is 320 g/mol. The Morgan fingerprint density at radius 2 is 2.24 bits per heavy atom. The van der Waals surface area contributed by atoms with Gasteiger partial charge in [-0.05, 0) is 6.07 Å². The number of halogens is 2. The number of carbonyl (C=O) groups excluding carboxylic acids is 1. The Hall–Kier alpha value is -1.40. The third kappa shape index (κ3) is 3.54. The summed E-state index contributed by atoms with van der Waals surface area (Å²) in [5.41, 5.74) is -0.469. The summed E-state index contributed by atoms with van der Waals surface area (Å²) in [4.78, 5) is 21.8. The van der Waals surface area contributed by atoms with Crippen molar-refractivity contribution >= 4 is 39.1 Å². The molecule has 1 aromatic rings. The maximum Gasteiger partial charge on any atom is 0.283 e. The quantitative estimate of drug-likeness (QED) is 0.685. The minimum absolute atomic E-state index is 0.0388. The number of nitrogens with zero attached hydrogens (tertiary/aromatic N) is 1. The van der Waals surface area contributed by atoms with Crippen molar-refractivity contribution in [3.05, 3.63) is 50.0 Å². The van der Waals surface area contributed by atoms with E-state index in [0.29, 0.717) is 4.48 Å². The van der Waals surface area contributed by atoms with Gasteiger partial charge < -0.3 is 5.32 Å². The fourth-order valence-electron chi connectivity index (χ4n) is 1.15. The van der Waals surface area contributed by atoms with Crippen molar-refractivity contribution in [3.63, 3.8) is 0 Å². The lowest BCUT2D eigenvalue weighted by Crippen LogP contribution is -2.25. The molecule has 1 aromatic carbocycles. The van der Waals surface area contributed by atoms with Crippen LogP contribution in [0.1, 0.15) is 10.4 Å². The number of amides is 1. The zero-order valence-corrected chi connectivity index (χ0v) is 10.9. The number of nitro benzene ring substituents is 1. The highest BCUT2D eigenvalue weighted by Gasteiger charge is 2.22. The molecule has 0 aliphatic rings. The molecule has 0 aliphatic heterocycles. The maximum absolute atomic E-state index is 11.7. The summed E-state index contributed by atoms with van der Waals surface area (Å²) in [6.07, 6.45) is 0. The Morgan fingerprint density at radius 1 is 1.59 bits per heavy atom. The summed E-state index contributed by atoms with van der Waals surface area (Å²) in [6, 6.07) is 4.07. The zero-order valence-electron chi connectivity index (χ0n) is 8.57. The fourth-order valence-corrected chi connectivity index (χ4v) is 1.55. The normalized spacial score (nSPS) is 9.76. The SMILES string of the molecule is C=C(Br)CNC(=O)c1c(Cl)cccc1[N+](=O)[O-]. The lowest BCUT2D eigenvalue weighted by molar-refractivity contribution is -0.385. The molecule has 0 fully saturated rings. The van der Waals surface area contributed by atoms with Crippen LogP contribution in [0, 0.1) is 10.1 Å². The van der Waals surface area contributed by atoms with Crippen LogP contribution < -0.4 is 5.32 Å². The van der Waals surface area contributed by atoms with Gasteiger partial charge in [0.2, 0.25) is 0 Å². The Labute approximate surface area is 111 Å². The van der Waals surface area contributed by atoms with Gasteiger partial charge in [-0.3, -0.25) is 14.9 Å². The van der Waals surface area contributed by atoms with E-state index in [-0.39, 0.29) is 22.8 Å². The van der Waals surface area contributed by atoms with E-state index in [2.05, 4.69) is 27.8 Å². The minimum atomic E-state index is -0.649. The first-order valence-corrected chi connectivity index (χ1v) is 5.65. The molecule has 0 atom stereocenters. The van der Waals surface area contributed by atoms with Gasteiger partial charge in [-0.2, -0.15) is 0 Å². The highest BCUT2D eigenvalue weighted by molar-refractivity contribution is 9.11. The van der Waals surface area contributed by atoms with Crippen molar-refractivity contribution in [2.24, 2.45) is 0 Å². The summed E-state index contributed by atoms with van der Waals surface area (Å²) in [6.45, 7) is 3.70. The second-order valence-electron chi connectivity index (χ2n) is 3.09. The van der Waals surface area contributed by atoms with Gasteiger partial charge in [0, 0.05) is 17.1 Å². The Bertz CT molecular complexity index is 490. The van der Waals surface area contributed by atoms with Crippen molar-refractivity contribution in [2.45, 2.75) is 0 Å². The molecule has 1 amide bonds. The van der Waals surface area contributed by atoms with Crippen LogP contribution in [0.25, 0.3) is 0 Å². The summed E-state index contributed by atoms with van der Waals surface area (Å²) in [5, 5.41) is 13.3. The van der Waals surface area contributed by atoms with Gasteiger partial charge >= 0.3 is 0 Å².